The van der Waals surface area contributed by atoms with Crippen molar-refractivity contribution in [3.05, 3.63) is 46.1 Å². The van der Waals surface area contributed by atoms with E-state index in [0.29, 0.717) is 41.3 Å². The number of aromatic nitrogens is 2. The maximum Gasteiger partial charge on any atom is 0.306 e. The summed E-state index contributed by atoms with van der Waals surface area (Å²) in [4.78, 5) is 45.7. The van der Waals surface area contributed by atoms with Crippen LogP contribution < -0.4 is 5.56 Å². The molecular weight excluding hydrogens is 410 g/mol. The fourth-order valence-electron chi connectivity index (χ4n) is 3.42. The molecule has 9 heteroatoms. The zero-order chi connectivity index (χ0) is 20.4. The Morgan fingerprint density at radius 3 is 2.66 bits per heavy atom. The largest absolute Gasteiger partial charge is 0.481 e. The van der Waals surface area contributed by atoms with E-state index < -0.39 is 5.97 Å². The summed E-state index contributed by atoms with van der Waals surface area (Å²) < 4.78 is 0. The van der Waals surface area contributed by atoms with E-state index in [1.807, 2.05) is 35.7 Å². The van der Waals surface area contributed by atoms with Crippen molar-refractivity contribution in [3.8, 4) is 11.1 Å². The highest BCUT2D eigenvalue weighted by molar-refractivity contribution is 7.99. The molecule has 4 rings (SSSR count). The predicted molar refractivity (Wildman–Crippen MR) is 113 cm³/mol. The number of amides is 1. The molecule has 3 aromatic rings. The zero-order valence-corrected chi connectivity index (χ0v) is 17.1. The van der Waals surface area contributed by atoms with E-state index >= 15 is 0 Å². The molecule has 3 heterocycles. The van der Waals surface area contributed by atoms with Crippen LogP contribution in [0.15, 0.2) is 45.7 Å². The van der Waals surface area contributed by atoms with Crippen LogP contribution >= 0.6 is 23.1 Å². The first-order valence-electron chi connectivity index (χ1n) is 9.23. The molecule has 2 aromatic heterocycles. The van der Waals surface area contributed by atoms with Crippen LogP contribution in [0, 0.1) is 5.92 Å². The van der Waals surface area contributed by atoms with Crippen molar-refractivity contribution in [2.24, 2.45) is 5.92 Å². The lowest BCUT2D eigenvalue weighted by atomic mass is 9.97. The number of carboxylic acid groups (broad SMARTS) is 1. The van der Waals surface area contributed by atoms with Gasteiger partial charge in [-0.1, -0.05) is 42.1 Å². The van der Waals surface area contributed by atoms with Gasteiger partial charge in [0, 0.05) is 24.0 Å². The summed E-state index contributed by atoms with van der Waals surface area (Å²) in [5.74, 6) is -1.08. The van der Waals surface area contributed by atoms with Gasteiger partial charge in [0.1, 0.15) is 4.83 Å². The molecule has 1 saturated heterocycles. The number of aliphatic carboxylic acids is 1. The molecule has 1 aromatic carbocycles. The lowest BCUT2D eigenvalue weighted by Gasteiger charge is -2.30. The fraction of sp³-hybridized carbons (Fsp3) is 0.300. The van der Waals surface area contributed by atoms with E-state index in [9.17, 15) is 14.4 Å². The van der Waals surface area contributed by atoms with Crippen molar-refractivity contribution >= 4 is 45.2 Å². The molecule has 0 bridgehead atoms. The van der Waals surface area contributed by atoms with E-state index in [0.717, 1.165) is 11.1 Å². The molecule has 7 nitrogen and oxygen atoms in total. The first kappa shape index (κ1) is 19.7. The third-order valence-electron chi connectivity index (χ3n) is 5.04. The first-order chi connectivity index (χ1) is 14.0. The van der Waals surface area contributed by atoms with Crippen molar-refractivity contribution in [3.63, 3.8) is 0 Å². The number of benzene rings is 1. The van der Waals surface area contributed by atoms with Gasteiger partial charge in [-0.3, -0.25) is 14.4 Å². The van der Waals surface area contributed by atoms with Gasteiger partial charge in [0.25, 0.3) is 5.56 Å². The number of thioether (sulfide) groups is 1. The Morgan fingerprint density at radius 2 is 1.97 bits per heavy atom. The smallest absolute Gasteiger partial charge is 0.306 e. The topological polar surface area (TPSA) is 103 Å². The van der Waals surface area contributed by atoms with Crippen LogP contribution in [0.2, 0.25) is 0 Å². The van der Waals surface area contributed by atoms with Gasteiger partial charge in [0.2, 0.25) is 5.91 Å². The second-order valence-electron chi connectivity index (χ2n) is 6.85. The number of H-pyrrole nitrogens is 1. The molecule has 2 N–H and O–H groups in total. The number of hydrogen-bond acceptors (Lipinski definition) is 6. The summed E-state index contributed by atoms with van der Waals surface area (Å²) in [6.07, 6.45) is 0.953. The minimum absolute atomic E-state index is 0.0715. The van der Waals surface area contributed by atoms with Crippen molar-refractivity contribution in [1.29, 1.82) is 0 Å². The summed E-state index contributed by atoms with van der Waals surface area (Å²) in [6.45, 7) is 0.898. The average Bonchev–Trinajstić information content (AvgIpc) is 3.17. The average molecular weight is 430 g/mol. The molecule has 150 valence electrons. The summed E-state index contributed by atoms with van der Waals surface area (Å²) in [5, 5.41) is 12.0. The number of hydrogen-bond donors (Lipinski definition) is 2. The highest BCUT2D eigenvalue weighted by Gasteiger charge is 2.27. The molecule has 0 atom stereocenters. The van der Waals surface area contributed by atoms with E-state index in [1.165, 1.54) is 23.1 Å². The number of aromatic amines is 1. The van der Waals surface area contributed by atoms with Gasteiger partial charge in [-0.05, 0) is 18.4 Å². The van der Waals surface area contributed by atoms with Crippen molar-refractivity contribution in [1.82, 2.24) is 14.9 Å². The first-order valence-corrected chi connectivity index (χ1v) is 11.1. The van der Waals surface area contributed by atoms with Crippen LogP contribution in [0.4, 0.5) is 0 Å². The third-order valence-corrected chi connectivity index (χ3v) is 6.77. The molecular formula is C20H19N3O4S2. The number of nitrogens with zero attached hydrogens (tertiary/aromatic N) is 2. The van der Waals surface area contributed by atoms with Gasteiger partial charge in [-0.25, -0.2) is 4.98 Å². The number of rotatable bonds is 5. The van der Waals surface area contributed by atoms with Crippen LogP contribution in [-0.4, -0.2) is 50.7 Å². The molecule has 0 saturated carbocycles. The lowest BCUT2D eigenvalue weighted by Crippen LogP contribution is -2.41. The Bertz CT molecular complexity index is 1100. The van der Waals surface area contributed by atoms with Gasteiger partial charge in [0.05, 0.1) is 17.1 Å². The van der Waals surface area contributed by atoms with Crippen molar-refractivity contribution in [2.75, 3.05) is 18.8 Å². The number of thiophene rings is 1. The Balaban J connectivity index is 1.45. The quantitative estimate of drug-likeness (QED) is 0.477. The molecule has 0 spiro atoms. The number of piperidine rings is 1. The lowest BCUT2D eigenvalue weighted by molar-refractivity contribution is -0.145. The molecule has 1 amide bonds. The summed E-state index contributed by atoms with van der Waals surface area (Å²) >= 11 is 2.60. The zero-order valence-electron chi connectivity index (χ0n) is 15.5. The van der Waals surface area contributed by atoms with Crippen LogP contribution in [-0.2, 0) is 9.59 Å². The fourth-order valence-corrected chi connectivity index (χ4v) is 5.19. The van der Waals surface area contributed by atoms with Crippen LogP contribution in [0.5, 0.6) is 0 Å². The molecule has 1 aliphatic heterocycles. The summed E-state index contributed by atoms with van der Waals surface area (Å²) in [5.41, 5.74) is 1.60. The molecule has 0 unspecified atom stereocenters. The molecule has 29 heavy (non-hydrogen) atoms. The standard InChI is InChI=1S/C20H19N3O4S2/c24-15(23-8-6-13(7-9-23)19(26)27)11-29-20-21-17(25)16-14(10-28-18(16)22-20)12-4-2-1-3-5-12/h1-5,10,13H,6-9,11H2,(H,26,27)(H,21,22,25). The van der Waals surface area contributed by atoms with Crippen LogP contribution in [0.1, 0.15) is 12.8 Å². The maximum atomic E-state index is 12.6. The Hall–Kier alpha value is -2.65. The van der Waals surface area contributed by atoms with Gasteiger partial charge < -0.3 is 15.0 Å². The predicted octanol–water partition coefficient (Wildman–Crippen LogP) is 3.07. The van der Waals surface area contributed by atoms with E-state index in [-0.39, 0.29) is 23.1 Å². The normalized spacial score (nSPS) is 15.0. The van der Waals surface area contributed by atoms with Crippen LogP contribution in [0.3, 0.4) is 0 Å². The maximum absolute atomic E-state index is 12.6. The molecule has 0 aliphatic carbocycles. The highest BCUT2D eigenvalue weighted by atomic mass is 32.2. The number of fused-ring (bicyclic) bond motifs is 1. The van der Waals surface area contributed by atoms with E-state index in [4.69, 9.17) is 5.11 Å². The second-order valence-corrected chi connectivity index (χ2v) is 8.67. The van der Waals surface area contributed by atoms with Gasteiger partial charge in [0.15, 0.2) is 5.16 Å². The van der Waals surface area contributed by atoms with Gasteiger partial charge in [-0.15, -0.1) is 11.3 Å². The number of carbonyl (C=O) groups is 2. The minimum Gasteiger partial charge on any atom is -0.481 e. The second kappa shape index (κ2) is 8.38. The van der Waals surface area contributed by atoms with E-state index in [2.05, 4.69) is 9.97 Å². The van der Waals surface area contributed by atoms with Gasteiger partial charge >= 0.3 is 5.97 Å². The molecule has 1 fully saturated rings. The Kier molecular flexibility index (Phi) is 5.68. The summed E-state index contributed by atoms with van der Waals surface area (Å²) in [7, 11) is 0. The Morgan fingerprint density at radius 1 is 1.24 bits per heavy atom. The SMILES string of the molecule is O=C(O)C1CCN(C(=O)CSc2nc3scc(-c4ccccc4)c3c(=O)[nH]2)CC1. The Labute approximate surface area is 174 Å². The monoisotopic (exact) mass is 429 g/mol. The van der Waals surface area contributed by atoms with Crippen LogP contribution in [0.25, 0.3) is 21.3 Å². The number of carboxylic acids is 1. The molecule has 1 aliphatic rings. The highest BCUT2D eigenvalue weighted by Crippen LogP contribution is 2.31. The molecule has 0 radical (unpaired) electrons. The van der Waals surface area contributed by atoms with E-state index in [1.54, 1.807) is 4.90 Å². The van der Waals surface area contributed by atoms with Gasteiger partial charge in [-0.2, -0.15) is 0 Å². The summed E-state index contributed by atoms with van der Waals surface area (Å²) in [6, 6.07) is 9.69. The minimum atomic E-state index is -0.799. The number of nitrogens with one attached hydrogen (secondary N) is 1. The van der Waals surface area contributed by atoms with Crippen molar-refractivity contribution in [2.45, 2.75) is 18.0 Å². The number of carbonyl (C=O) groups excluding carboxylic acids is 1. The third kappa shape index (κ3) is 4.20. The van der Waals surface area contributed by atoms with Crippen molar-refractivity contribution < 1.29 is 14.7 Å². The number of likely N-dealkylation sites (tertiary alicyclic amines) is 1.